The zero-order valence-corrected chi connectivity index (χ0v) is 9.68. The van der Waals surface area contributed by atoms with Gasteiger partial charge in [-0.1, -0.05) is 0 Å². The fourth-order valence-electron chi connectivity index (χ4n) is 1.59. The number of anilines is 1. The lowest BCUT2D eigenvalue weighted by Crippen LogP contribution is -2.24. The molecule has 0 saturated heterocycles. The van der Waals surface area contributed by atoms with E-state index in [-0.39, 0.29) is 5.91 Å². The van der Waals surface area contributed by atoms with Crippen LogP contribution < -0.4 is 10.6 Å². The Morgan fingerprint density at radius 2 is 1.82 bits per heavy atom. The Hall–Kier alpha value is -2.07. The van der Waals surface area contributed by atoms with Crippen molar-refractivity contribution in [3.63, 3.8) is 0 Å². The molecule has 1 aromatic heterocycles. The minimum atomic E-state index is -0.0405. The highest BCUT2D eigenvalue weighted by molar-refractivity contribution is 5.92. The molecule has 0 aliphatic rings. The molecule has 0 atom stereocenters. The first kappa shape index (κ1) is 11.4. The van der Waals surface area contributed by atoms with E-state index in [2.05, 4.69) is 10.6 Å². The molecule has 0 spiro atoms. The maximum atomic E-state index is 11.3. The Morgan fingerprint density at radius 1 is 1.18 bits per heavy atom. The molecule has 17 heavy (non-hydrogen) atoms. The second-order valence-electron chi connectivity index (χ2n) is 3.72. The number of hydrogen-bond acceptors (Lipinski definition) is 2. The highest BCUT2D eigenvalue weighted by Gasteiger charge is 2.00. The lowest BCUT2D eigenvalue weighted by molar-refractivity contribution is -0.115. The summed E-state index contributed by atoms with van der Waals surface area (Å²) >= 11 is 0. The first-order valence-electron chi connectivity index (χ1n) is 5.47. The highest BCUT2D eigenvalue weighted by atomic mass is 16.1. The predicted octanol–water partition coefficient (Wildman–Crippen LogP) is 1.64. The van der Waals surface area contributed by atoms with Crippen molar-refractivity contribution < 1.29 is 4.79 Å². The van der Waals surface area contributed by atoms with Crippen LogP contribution in [0.3, 0.4) is 0 Å². The monoisotopic (exact) mass is 229 g/mol. The van der Waals surface area contributed by atoms with Crippen LogP contribution >= 0.6 is 0 Å². The van der Waals surface area contributed by atoms with Crippen molar-refractivity contribution >= 4 is 11.6 Å². The van der Waals surface area contributed by atoms with E-state index in [4.69, 9.17) is 0 Å². The van der Waals surface area contributed by atoms with Gasteiger partial charge in [-0.25, -0.2) is 0 Å². The lowest BCUT2D eigenvalue weighted by atomic mass is 10.2. The van der Waals surface area contributed by atoms with E-state index in [0.29, 0.717) is 6.54 Å². The van der Waals surface area contributed by atoms with Crippen LogP contribution in [0.25, 0.3) is 5.69 Å². The van der Waals surface area contributed by atoms with Gasteiger partial charge < -0.3 is 15.2 Å². The molecule has 2 N–H and O–H groups in total. The van der Waals surface area contributed by atoms with Gasteiger partial charge in [0.05, 0.1) is 6.54 Å². The maximum absolute atomic E-state index is 11.3. The van der Waals surface area contributed by atoms with Gasteiger partial charge in [0.1, 0.15) is 0 Å². The molecule has 0 unspecified atom stereocenters. The minimum Gasteiger partial charge on any atom is -0.325 e. The van der Waals surface area contributed by atoms with Crippen LogP contribution in [0.2, 0.25) is 0 Å². The lowest BCUT2D eigenvalue weighted by Gasteiger charge is -2.07. The van der Waals surface area contributed by atoms with Gasteiger partial charge in [0, 0.05) is 23.8 Å². The molecule has 0 bridgehead atoms. The Morgan fingerprint density at radius 3 is 2.41 bits per heavy atom. The van der Waals surface area contributed by atoms with Gasteiger partial charge in [0.2, 0.25) is 5.91 Å². The summed E-state index contributed by atoms with van der Waals surface area (Å²) in [7, 11) is 1.74. The molecule has 2 rings (SSSR count). The van der Waals surface area contributed by atoms with Crippen molar-refractivity contribution in [2.24, 2.45) is 0 Å². The molecule has 0 saturated carbocycles. The summed E-state index contributed by atoms with van der Waals surface area (Å²) in [6, 6.07) is 11.7. The molecule has 4 nitrogen and oxygen atoms in total. The summed E-state index contributed by atoms with van der Waals surface area (Å²) in [5.41, 5.74) is 1.88. The number of benzene rings is 1. The maximum Gasteiger partial charge on any atom is 0.238 e. The molecular weight excluding hydrogens is 214 g/mol. The molecule has 0 radical (unpaired) electrons. The van der Waals surface area contributed by atoms with Crippen LogP contribution in [0.5, 0.6) is 0 Å². The number of hydrogen-bond donors (Lipinski definition) is 2. The van der Waals surface area contributed by atoms with E-state index >= 15 is 0 Å². The van der Waals surface area contributed by atoms with Crippen molar-refractivity contribution in [1.29, 1.82) is 0 Å². The smallest absolute Gasteiger partial charge is 0.238 e. The van der Waals surface area contributed by atoms with Crippen LogP contribution in [0, 0.1) is 0 Å². The summed E-state index contributed by atoms with van der Waals surface area (Å²) in [6.07, 6.45) is 3.96. The zero-order valence-electron chi connectivity index (χ0n) is 9.68. The second-order valence-corrected chi connectivity index (χ2v) is 3.72. The molecular formula is C13H15N3O. The van der Waals surface area contributed by atoms with Gasteiger partial charge in [-0.3, -0.25) is 4.79 Å². The quantitative estimate of drug-likeness (QED) is 0.837. The average Bonchev–Trinajstić information content (AvgIpc) is 2.84. The van der Waals surface area contributed by atoms with Gasteiger partial charge in [-0.2, -0.15) is 0 Å². The van der Waals surface area contributed by atoms with Crippen molar-refractivity contribution in [1.82, 2.24) is 9.88 Å². The third kappa shape index (κ3) is 2.95. The standard InChI is InChI=1S/C13H15N3O/c1-14-10-13(17)15-11-4-6-12(7-5-11)16-8-2-3-9-16/h2-9,14H,10H2,1H3,(H,15,17). The van der Waals surface area contributed by atoms with Gasteiger partial charge in [-0.05, 0) is 43.4 Å². The number of aromatic nitrogens is 1. The van der Waals surface area contributed by atoms with Crippen LogP contribution in [0.1, 0.15) is 0 Å². The van der Waals surface area contributed by atoms with Crippen LogP contribution in [-0.4, -0.2) is 24.1 Å². The highest BCUT2D eigenvalue weighted by Crippen LogP contribution is 2.13. The SMILES string of the molecule is CNCC(=O)Nc1ccc(-n2cccc2)cc1. The number of amides is 1. The molecule has 1 heterocycles. The molecule has 88 valence electrons. The van der Waals surface area contributed by atoms with Crippen LogP contribution in [-0.2, 0) is 4.79 Å². The van der Waals surface area contributed by atoms with Gasteiger partial charge in [0.15, 0.2) is 0 Å². The van der Waals surface area contributed by atoms with E-state index in [1.807, 2.05) is 53.4 Å². The molecule has 0 aliphatic carbocycles. The largest absolute Gasteiger partial charge is 0.325 e. The van der Waals surface area contributed by atoms with E-state index in [1.165, 1.54) is 0 Å². The summed E-state index contributed by atoms with van der Waals surface area (Å²) in [6.45, 7) is 0.319. The second kappa shape index (κ2) is 5.32. The first-order chi connectivity index (χ1) is 8.29. The Bertz CT molecular complexity index is 474. The van der Waals surface area contributed by atoms with Crippen molar-refractivity contribution in [3.8, 4) is 5.69 Å². The molecule has 4 heteroatoms. The number of rotatable bonds is 4. The van der Waals surface area contributed by atoms with Crippen LogP contribution in [0.4, 0.5) is 5.69 Å². The Kier molecular flexibility index (Phi) is 3.57. The van der Waals surface area contributed by atoms with Crippen molar-refractivity contribution in [3.05, 3.63) is 48.8 Å². The number of carbonyl (C=O) groups excluding carboxylic acids is 1. The van der Waals surface area contributed by atoms with Crippen LogP contribution in [0.15, 0.2) is 48.8 Å². The average molecular weight is 229 g/mol. The fourth-order valence-corrected chi connectivity index (χ4v) is 1.59. The number of nitrogens with one attached hydrogen (secondary N) is 2. The van der Waals surface area contributed by atoms with Gasteiger partial charge in [0.25, 0.3) is 0 Å². The van der Waals surface area contributed by atoms with E-state index in [9.17, 15) is 4.79 Å². The summed E-state index contributed by atoms with van der Waals surface area (Å²) in [5, 5.41) is 5.61. The topological polar surface area (TPSA) is 46.1 Å². The molecule has 2 aromatic rings. The van der Waals surface area contributed by atoms with E-state index in [1.54, 1.807) is 7.05 Å². The van der Waals surface area contributed by atoms with Crippen molar-refractivity contribution in [2.75, 3.05) is 18.9 Å². The molecule has 1 aromatic carbocycles. The van der Waals surface area contributed by atoms with Gasteiger partial charge >= 0.3 is 0 Å². The number of nitrogens with zero attached hydrogens (tertiary/aromatic N) is 1. The third-order valence-corrected chi connectivity index (χ3v) is 2.39. The fraction of sp³-hybridized carbons (Fsp3) is 0.154. The minimum absolute atomic E-state index is 0.0405. The molecule has 0 aliphatic heterocycles. The molecule has 0 fully saturated rings. The number of carbonyl (C=O) groups is 1. The third-order valence-electron chi connectivity index (χ3n) is 2.39. The summed E-state index contributed by atoms with van der Waals surface area (Å²) < 4.78 is 2.01. The van der Waals surface area contributed by atoms with Gasteiger partial charge in [-0.15, -0.1) is 0 Å². The molecule has 1 amide bonds. The zero-order chi connectivity index (χ0) is 12.1. The summed E-state index contributed by atoms with van der Waals surface area (Å²) in [5.74, 6) is -0.0405. The van der Waals surface area contributed by atoms with E-state index in [0.717, 1.165) is 11.4 Å². The number of likely N-dealkylation sites (N-methyl/N-ethyl adjacent to an activating group) is 1. The Labute approximate surface area is 100 Å². The van der Waals surface area contributed by atoms with Crippen molar-refractivity contribution in [2.45, 2.75) is 0 Å². The van der Waals surface area contributed by atoms with E-state index < -0.39 is 0 Å². The Balaban J connectivity index is 2.06. The normalized spacial score (nSPS) is 10.2. The first-order valence-corrected chi connectivity index (χ1v) is 5.47. The summed E-state index contributed by atoms with van der Waals surface area (Å²) in [4.78, 5) is 11.3. The predicted molar refractivity (Wildman–Crippen MR) is 68.3 cm³/mol.